The van der Waals surface area contributed by atoms with Gasteiger partial charge in [-0.1, -0.05) is 6.42 Å². The number of carbonyl (C=O) groups excluding carboxylic acids is 1. The van der Waals surface area contributed by atoms with Crippen molar-refractivity contribution in [2.45, 2.75) is 31.1 Å². The first kappa shape index (κ1) is 15.9. The first-order valence-electron chi connectivity index (χ1n) is 6.78. The minimum Gasteiger partial charge on any atom is -0.341 e. The Morgan fingerprint density at radius 3 is 2.52 bits per heavy atom. The van der Waals surface area contributed by atoms with Gasteiger partial charge in [0, 0.05) is 19.2 Å². The monoisotopic (exact) mass is 314 g/mol. The van der Waals surface area contributed by atoms with E-state index in [4.69, 9.17) is 5.14 Å². The third-order valence-electron chi connectivity index (χ3n) is 3.97. The molecule has 1 aromatic carbocycles. The van der Waals surface area contributed by atoms with Crippen molar-refractivity contribution < 1.29 is 17.6 Å². The molecule has 1 aromatic rings. The number of amides is 1. The second kappa shape index (κ2) is 5.73. The summed E-state index contributed by atoms with van der Waals surface area (Å²) in [5.41, 5.74) is 0.227. The van der Waals surface area contributed by atoms with E-state index in [0.29, 0.717) is 12.5 Å². The Bertz CT molecular complexity index is 669. The topological polar surface area (TPSA) is 80.5 Å². The highest BCUT2D eigenvalue weighted by molar-refractivity contribution is 7.89. The Kier molecular flexibility index (Phi) is 4.34. The molecule has 116 valence electrons. The third-order valence-corrected chi connectivity index (χ3v) is 5.00. The van der Waals surface area contributed by atoms with Crippen LogP contribution in [0.15, 0.2) is 17.0 Å². The van der Waals surface area contributed by atoms with Crippen LogP contribution in [0.1, 0.15) is 35.2 Å². The molecule has 0 unspecified atom stereocenters. The van der Waals surface area contributed by atoms with Crippen LogP contribution in [0.5, 0.6) is 0 Å². The number of sulfonamides is 1. The van der Waals surface area contributed by atoms with E-state index < -0.39 is 15.8 Å². The lowest BCUT2D eigenvalue weighted by Crippen LogP contribution is -2.35. The summed E-state index contributed by atoms with van der Waals surface area (Å²) in [5.74, 6) is -0.695. The third kappa shape index (κ3) is 3.41. The predicted octanol–water partition coefficient (Wildman–Crippen LogP) is 1.65. The zero-order chi connectivity index (χ0) is 15.8. The van der Waals surface area contributed by atoms with Crippen molar-refractivity contribution in [1.82, 2.24) is 4.90 Å². The molecule has 0 radical (unpaired) electrons. The SMILES string of the molecule is Cc1c(C(=O)N(C)CC2CCC2)cc(F)cc1S(N)(=O)=O. The number of nitrogens with two attached hydrogens (primary N) is 1. The van der Waals surface area contributed by atoms with Crippen LogP contribution in [-0.4, -0.2) is 32.8 Å². The molecular formula is C14H19FN2O3S. The summed E-state index contributed by atoms with van der Waals surface area (Å²) in [6, 6.07) is 1.90. The van der Waals surface area contributed by atoms with Crippen molar-refractivity contribution in [2.75, 3.05) is 13.6 Å². The zero-order valence-electron chi connectivity index (χ0n) is 12.1. The molecule has 21 heavy (non-hydrogen) atoms. The van der Waals surface area contributed by atoms with Crippen LogP contribution in [0.2, 0.25) is 0 Å². The summed E-state index contributed by atoms with van der Waals surface area (Å²) in [6.07, 6.45) is 3.34. The van der Waals surface area contributed by atoms with E-state index >= 15 is 0 Å². The van der Waals surface area contributed by atoms with Gasteiger partial charge in [-0.15, -0.1) is 0 Å². The zero-order valence-corrected chi connectivity index (χ0v) is 12.9. The summed E-state index contributed by atoms with van der Waals surface area (Å²) in [5, 5.41) is 5.06. The Morgan fingerprint density at radius 1 is 1.43 bits per heavy atom. The largest absolute Gasteiger partial charge is 0.341 e. The second-order valence-electron chi connectivity index (χ2n) is 5.60. The van der Waals surface area contributed by atoms with E-state index in [-0.39, 0.29) is 21.9 Å². The fourth-order valence-corrected chi connectivity index (χ4v) is 3.34. The van der Waals surface area contributed by atoms with Gasteiger partial charge in [0.15, 0.2) is 0 Å². The molecule has 2 rings (SSSR count). The molecule has 1 amide bonds. The number of rotatable bonds is 4. The molecule has 1 fully saturated rings. The van der Waals surface area contributed by atoms with Gasteiger partial charge in [0.1, 0.15) is 5.82 Å². The average molecular weight is 314 g/mol. The van der Waals surface area contributed by atoms with Crippen LogP contribution in [0.3, 0.4) is 0 Å². The minimum atomic E-state index is -4.06. The van der Waals surface area contributed by atoms with Crippen LogP contribution in [0.4, 0.5) is 4.39 Å². The first-order chi connectivity index (χ1) is 9.70. The van der Waals surface area contributed by atoms with E-state index in [1.807, 2.05) is 0 Å². The summed E-state index contributed by atoms with van der Waals surface area (Å²) in [6.45, 7) is 2.06. The summed E-state index contributed by atoms with van der Waals surface area (Å²) >= 11 is 0. The van der Waals surface area contributed by atoms with Crippen molar-refractivity contribution in [3.05, 3.63) is 29.1 Å². The Labute approximate surface area is 124 Å². The lowest BCUT2D eigenvalue weighted by atomic mass is 9.85. The van der Waals surface area contributed by atoms with Crippen LogP contribution in [0.25, 0.3) is 0 Å². The maximum absolute atomic E-state index is 13.6. The lowest BCUT2D eigenvalue weighted by molar-refractivity contribution is 0.0743. The Hall–Kier alpha value is -1.47. The predicted molar refractivity (Wildman–Crippen MR) is 76.8 cm³/mol. The number of carbonyl (C=O) groups is 1. The van der Waals surface area contributed by atoms with Gasteiger partial charge in [0.05, 0.1) is 4.90 Å². The van der Waals surface area contributed by atoms with Gasteiger partial charge < -0.3 is 4.90 Å². The van der Waals surface area contributed by atoms with Gasteiger partial charge in [-0.2, -0.15) is 0 Å². The average Bonchev–Trinajstić information content (AvgIpc) is 2.33. The number of primary sulfonamides is 1. The van der Waals surface area contributed by atoms with Crippen molar-refractivity contribution >= 4 is 15.9 Å². The minimum absolute atomic E-state index is 0.0425. The maximum atomic E-state index is 13.6. The number of nitrogens with zero attached hydrogens (tertiary/aromatic N) is 1. The Morgan fingerprint density at radius 2 is 2.05 bits per heavy atom. The van der Waals surface area contributed by atoms with Gasteiger partial charge in [0.2, 0.25) is 10.0 Å². The van der Waals surface area contributed by atoms with E-state index in [1.165, 1.54) is 18.2 Å². The van der Waals surface area contributed by atoms with Gasteiger partial charge in [-0.05, 0) is 43.4 Å². The summed E-state index contributed by atoms with van der Waals surface area (Å²) < 4.78 is 36.6. The lowest BCUT2D eigenvalue weighted by Gasteiger charge is -2.30. The fraction of sp³-hybridized carbons (Fsp3) is 0.500. The standard InChI is InChI=1S/C14H19FN2O3S/c1-9-12(6-11(15)7-13(9)21(16,19)20)14(18)17(2)8-10-4-3-5-10/h6-7,10H,3-5,8H2,1-2H3,(H2,16,19,20). The molecule has 0 aliphatic heterocycles. The molecule has 7 heteroatoms. The Balaban J connectivity index is 2.34. The molecule has 0 saturated heterocycles. The molecule has 1 aliphatic carbocycles. The molecule has 1 saturated carbocycles. The van der Waals surface area contributed by atoms with Crippen molar-refractivity contribution in [2.24, 2.45) is 11.1 Å². The van der Waals surface area contributed by atoms with Crippen LogP contribution in [-0.2, 0) is 10.0 Å². The highest BCUT2D eigenvalue weighted by Crippen LogP contribution is 2.28. The first-order valence-corrected chi connectivity index (χ1v) is 8.33. The molecule has 0 spiro atoms. The molecule has 0 heterocycles. The summed E-state index contributed by atoms with van der Waals surface area (Å²) in [4.78, 5) is 13.6. The van der Waals surface area contributed by atoms with Crippen molar-refractivity contribution in [3.63, 3.8) is 0 Å². The molecule has 0 atom stereocenters. The van der Waals surface area contributed by atoms with Gasteiger partial charge in [-0.25, -0.2) is 17.9 Å². The molecule has 2 N–H and O–H groups in total. The smallest absolute Gasteiger partial charge is 0.254 e. The van der Waals surface area contributed by atoms with Crippen LogP contribution >= 0.6 is 0 Å². The van der Waals surface area contributed by atoms with E-state index in [9.17, 15) is 17.6 Å². The number of hydrogen-bond donors (Lipinski definition) is 1. The number of hydrogen-bond acceptors (Lipinski definition) is 3. The van der Waals surface area contributed by atoms with Crippen molar-refractivity contribution in [1.29, 1.82) is 0 Å². The van der Waals surface area contributed by atoms with E-state index in [0.717, 1.165) is 25.0 Å². The number of halogens is 1. The normalized spacial score (nSPS) is 15.6. The van der Waals surface area contributed by atoms with Gasteiger partial charge in [-0.3, -0.25) is 4.79 Å². The molecule has 0 aromatic heterocycles. The van der Waals surface area contributed by atoms with Gasteiger partial charge >= 0.3 is 0 Å². The molecular weight excluding hydrogens is 295 g/mol. The highest BCUT2D eigenvalue weighted by Gasteiger charge is 2.25. The van der Waals surface area contributed by atoms with Gasteiger partial charge in [0.25, 0.3) is 5.91 Å². The van der Waals surface area contributed by atoms with Crippen LogP contribution < -0.4 is 5.14 Å². The number of benzene rings is 1. The fourth-order valence-electron chi connectivity index (χ4n) is 2.52. The van der Waals surface area contributed by atoms with Crippen LogP contribution in [0, 0.1) is 18.7 Å². The van der Waals surface area contributed by atoms with E-state index in [2.05, 4.69) is 0 Å². The molecule has 1 aliphatic rings. The molecule has 0 bridgehead atoms. The molecule has 5 nitrogen and oxygen atoms in total. The quantitative estimate of drug-likeness (QED) is 0.917. The van der Waals surface area contributed by atoms with Crippen molar-refractivity contribution in [3.8, 4) is 0 Å². The van der Waals surface area contributed by atoms with E-state index in [1.54, 1.807) is 7.05 Å². The second-order valence-corrected chi connectivity index (χ2v) is 7.13. The maximum Gasteiger partial charge on any atom is 0.254 e. The summed E-state index contributed by atoms with van der Waals surface area (Å²) in [7, 11) is -2.42. The highest BCUT2D eigenvalue weighted by atomic mass is 32.2.